The van der Waals surface area contributed by atoms with Crippen LogP contribution < -0.4 is 5.32 Å². The van der Waals surface area contributed by atoms with Crippen LogP contribution in [0.15, 0.2) is 6.07 Å². The predicted octanol–water partition coefficient (Wildman–Crippen LogP) is 0.839. The van der Waals surface area contributed by atoms with Gasteiger partial charge in [0.25, 0.3) is 0 Å². The minimum atomic E-state index is -0.717. The topological polar surface area (TPSA) is 62.2 Å². The van der Waals surface area contributed by atoms with Crippen LogP contribution in [0.4, 0.5) is 0 Å². The second kappa shape index (κ2) is 3.67. The van der Waals surface area contributed by atoms with Crippen molar-refractivity contribution in [3.63, 3.8) is 0 Å². The van der Waals surface area contributed by atoms with Crippen LogP contribution in [0, 0.1) is 12.8 Å². The molecule has 0 bridgehead atoms. The summed E-state index contributed by atoms with van der Waals surface area (Å²) in [5, 5.41) is 12.1. The Hall–Kier alpha value is -0.940. The third kappa shape index (κ3) is 1.65. The summed E-state index contributed by atoms with van der Waals surface area (Å²) in [5.41, 5.74) is 0.973. The van der Waals surface area contributed by atoms with Gasteiger partial charge in [-0.2, -0.15) is 4.37 Å². The second-order valence-corrected chi connectivity index (χ2v) is 4.42. The first-order valence-corrected chi connectivity index (χ1v) is 5.32. The first-order chi connectivity index (χ1) is 6.68. The number of rotatable bonds is 2. The molecule has 2 unspecified atom stereocenters. The third-order valence-corrected chi connectivity index (χ3v) is 3.55. The van der Waals surface area contributed by atoms with E-state index in [0.29, 0.717) is 6.54 Å². The first-order valence-electron chi connectivity index (χ1n) is 4.55. The van der Waals surface area contributed by atoms with Gasteiger partial charge in [-0.05, 0) is 24.5 Å². The Morgan fingerprint density at radius 1 is 1.71 bits per heavy atom. The van der Waals surface area contributed by atoms with E-state index in [-0.39, 0.29) is 11.8 Å². The van der Waals surface area contributed by atoms with Gasteiger partial charge in [0.05, 0.1) is 11.6 Å². The summed E-state index contributed by atoms with van der Waals surface area (Å²) >= 11 is 1.41. The molecule has 0 aromatic carbocycles. The van der Waals surface area contributed by atoms with Crippen LogP contribution in [-0.4, -0.2) is 28.5 Å². The SMILES string of the molecule is Cc1cc(C2CNCC2C(=O)O)sn1. The fourth-order valence-corrected chi connectivity index (χ4v) is 2.70. The maximum atomic E-state index is 10.9. The smallest absolute Gasteiger partial charge is 0.308 e. The molecule has 14 heavy (non-hydrogen) atoms. The van der Waals surface area contributed by atoms with Crippen LogP contribution in [0.3, 0.4) is 0 Å². The summed E-state index contributed by atoms with van der Waals surface area (Å²) < 4.78 is 4.18. The number of aryl methyl sites for hydroxylation is 1. The van der Waals surface area contributed by atoms with Crippen molar-refractivity contribution in [3.05, 3.63) is 16.6 Å². The van der Waals surface area contributed by atoms with Crippen molar-refractivity contribution in [2.75, 3.05) is 13.1 Å². The highest BCUT2D eigenvalue weighted by atomic mass is 32.1. The summed E-state index contributed by atoms with van der Waals surface area (Å²) in [6, 6.07) is 1.98. The fourth-order valence-electron chi connectivity index (χ4n) is 1.80. The normalized spacial score (nSPS) is 26.6. The monoisotopic (exact) mass is 212 g/mol. The first kappa shape index (κ1) is 9.61. The lowest BCUT2D eigenvalue weighted by molar-refractivity contribution is -0.141. The number of nitrogens with one attached hydrogen (secondary N) is 1. The summed E-state index contributed by atoms with van der Waals surface area (Å²) in [7, 11) is 0. The molecule has 1 saturated heterocycles. The van der Waals surface area contributed by atoms with Crippen LogP contribution in [0.5, 0.6) is 0 Å². The quantitative estimate of drug-likeness (QED) is 0.762. The molecule has 2 heterocycles. The summed E-state index contributed by atoms with van der Waals surface area (Å²) in [6.07, 6.45) is 0. The minimum absolute atomic E-state index is 0.0960. The maximum absolute atomic E-state index is 10.9. The van der Waals surface area contributed by atoms with Crippen LogP contribution in [0.25, 0.3) is 0 Å². The number of nitrogens with zero attached hydrogens (tertiary/aromatic N) is 1. The number of carbonyl (C=O) groups is 1. The lowest BCUT2D eigenvalue weighted by Gasteiger charge is -2.11. The molecule has 1 aliphatic heterocycles. The zero-order valence-corrected chi connectivity index (χ0v) is 8.67. The molecule has 0 radical (unpaired) electrons. The number of aliphatic carboxylic acids is 1. The summed E-state index contributed by atoms with van der Waals surface area (Å²) in [4.78, 5) is 12.0. The Morgan fingerprint density at radius 2 is 2.50 bits per heavy atom. The molecule has 0 spiro atoms. The van der Waals surface area contributed by atoms with Crippen molar-refractivity contribution >= 4 is 17.5 Å². The molecular formula is C9H12N2O2S. The van der Waals surface area contributed by atoms with Gasteiger partial charge >= 0.3 is 5.97 Å². The van der Waals surface area contributed by atoms with Gasteiger partial charge in [-0.15, -0.1) is 0 Å². The molecule has 76 valence electrons. The fraction of sp³-hybridized carbons (Fsp3) is 0.556. The van der Waals surface area contributed by atoms with Crippen molar-refractivity contribution in [2.45, 2.75) is 12.8 Å². The Bertz CT molecular complexity index is 350. The number of aromatic nitrogens is 1. The van der Waals surface area contributed by atoms with Gasteiger partial charge in [-0.1, -0.05) is 0 Å². The van der Waals surface area contributed by atoms with Gasteiger partial charge in [0, 0.05) is 23.9 Å². The Morgan fingerprint density at radius 3 is 3.07 bits per heavy atom. The molecular weight excluding hydrogens is 200 g/mol. The molecule has 4 nitrogen and oxygen atoms in total. The Kier molecular flexibility index (Phi) is 2.52. The molecule has 1 aliphatic rings. The van der Waals surface area contributed by atoms with Crippen LogP contribution in [0.1, 0.15) is 16.5 Å². The molecule has 0 aliphatic carbocycles. The van der Waals surface area contributed by atoms with Gasteiger partial charge in [-0.3, -0.25) is 4.79 Å². The Labute approximate surface area is 86.1 Å². The van der Waals surface area contributed by atoms with Gasteiger partial charge in [0.15, 0.2) is 0 Å². The minimum Gasteiger partial charge on any atom is -0.481 e. The lowest BCUT2D eigenvalue weighted by atomic mass is 9.94. The lowest BCUT2D eigenvalue weighted by Crippen LogP contribution is -2.20. The number of carboxylic acid groups (broad SMARTS) is 1. The van der Waals surface area contributed by atoms with Crippen molar-refractivity contribution < 1.29 is 9.90 Å². The zero-order chi connectivity index (χ0) is 10.1. The maximum Gasteiger partial charge on any atom is 0.308 e. The van der Waals surface area contributed by atoms with E-state index in [4.69, 9.17) is 5.11 Å². The van der Waals surface area contributed by atoms with Gasteiger partial charge < -0.3 is 10.4 Å². The summed E-state index contributed by atoms with van der Waals surface area (Å²) in [5.74, 6) is -0.917. The van der Waals surface area contributed by atoms with Crippen molar-refractivity contribution in [1.82, 2.24) is 9.69 Å². The Balaban J connectivity index is 2.21. The van der Waals surface area contributed by atoms with Crippen LogP contribution in [-0.2, 0) is 4.79 Å². The van der Waals surface area contributed by atoms with Gasteiger partial charge in [0.2, 0.25) is 0 Å². The molecule has 1 fully saturated rings. The summed E-state index contributed by atoms with van der Waals surface area (Å²) in [6.45, 7) is 3.24. The van der Waals surface area contributed by atoms with E-state index in [1.54, 1.807) is 0 Å². The molecule has 5 heteroatoms. The average Bonchev–Trinajstić information content (AvgIpc) is 2.70. The van der Waals surface area contributed by atoms with Crippen molar-refractivity contribution in [3.8, 4) is 0 Å². The predicted molar refractivity (Wildman–Crippen MR) is 53.6 cm³/mol. The highest BCUT2D eigenvalue weighted by Gasteiger charge is 2.34. The van der Waals surface area contributed by atoms with E-state index in [1.165, 1.54) is 11.5 Å². The van der Waals surface area contributed by atoms with Crippen molar-refractivity contribution in [1.29, 1.82) is 0 Å². The molecule has 0 amide bonds. The second-order valence-electron chi connectivity index (χ2n) is 3.58. The van der Waals surface area contributed by atoms with E-state index >= 15 is 0 Å². The van der Waals surface area contributed by atoms with Gasteiger partial charge in [0.1, 0.15) is 0 Å². The number of hydrogen-bond donors (Lipinski definition) is 2. The molecule has 1 aromatic rings. The number of carboxylic acids is 1. The molecule has 2 rings (SSSR count). The third-order valence-electron chi connectivity index (χ3n) is 2.54. The van der Waals surface area contributed by atoms with Crippen molar-refractivity contribution in [2.24, 2.45) is 5.92 Å². The molecule has 1 aromatic heterocycles. The highest BCUT2D eigenvalue weighted by molar-refractivity contribution is 7.05. The van der Waals surface area contributed by atoms with E-state index in [2.05, 4.69) is 9.69 Å². The van der Waals surface area contributed by atoms with E-state index in [1.807, 2.05) is 13.0 Å². The molecule has 2 atom stereocenters. The van der Waals surface area contributed by atoms with Gasteiger partial charge in [-0.25, -0.2) is 0 Å². The zero-order valence-electron chi connectivity index (χ0n) is 7.86. The van der Waals surface area contributed by atoms with E-state index in [9.17, 15) is 4.79 Å². The number of hydrogen-bond acceptors (Lipinski definition) is 4. The highest BCUT2D eigenvalue weighted by Crippen LogP contribution is 2.31. The molecule has 2 N–H and O–H groups in total. The average molecular weight is 212 g/mol. The largest absolute Gasteiger partial charge is 0.481 e. The van der Waals surface area contributed by atoms with E-state index < -0.39 is 5.97 Å². The van der Waals surface area contributed by atoms with Crippen LogP contribution >= 0.6 is 11.5 Å². The standard InChI is InChI=1S/C9H12N2O2S/c1-5-2-8(14-11-5)6-3-10-4-7(6)9(12)13/h2,6-7,10H,3-4H2,1H3,(H,12,13). The van der Waals surface area contributed by atoms with E-state index in [0.717, 1.165) is 17.1 Å². The molecule has 0 saturated carbocycles. The van der Waals surface area contributed by atoms with Crippen LogP contribution in [0.2, 0.25) is 0 Å².